The van der Waals surface area contributed by atoms with Gasteiger partial charge in [-0.05, 0) is 18.2 Å². The fourth-order valence-electron chi connectivity index (χ4n) is 1.94. The molecule has 0 unspecified atom stereocenters. The summed E-state index contributed by atoms with van der Waals surface area (Å²) >= 11 is 5.71. The fraction of sp³-hybridized carbons (Fsp3) is 0.176. The second-order valence-corrected chi connectivity index (χ2v) is 5.29. The molecular weight excluding hydrogens is 353 g/mol. The van der Waals surface area contributed by atoms with E-state index in [1.165, 1.54) is 20.3 Å². The number of amides is 1. The van der Waals surface area contributed by atoms with Crippen molar-refractivity contribution in [2.45, 2.75) is 0 Å². The van der Waals surface area contributed by atoms with Crippen molar-refractivity contribution in [3.63, 3.8) is 0 Å². The van der Waals surface area contributed by atoms with Gasteiger partial charge >= 0.3 is 5.97 Å². The topological polar surface area (TPSA) is 73.9 Å². The lowest BCUT2D eigenvalue weighted by atomic mass is 10.2. The highest BCUT2D eigenvalue weighted by molar-refractivity contribution is 6.30. The summed E-state index contributed by atoms with van der Waals surface area (Å²) in [7, 11) is 2.95. The standard InChI is InChI=1S/C17H15ClFNO5/c1-23-12-6-11(7-13(8-12)24-2)20-16(21)9-25-17(22)14-5-10(18)3-4-15(14)19/h3-8H,9H2,1-2H3,(H,20,21). The molecule has 2 aromatic carbocycles. The Morgan fingerprint density at radius 2 is 1.72 bits per heavy atom. The smallest absolute Gasteiger partial charge is 0.341 e. The third-order valence-corrected chi connectivity index (χ3v) is 3.35. The quantitative estimate of drug-likeness (QED) is 0.793. The number of nitrogens with one attached hydrogen (secondary N) is 1. The van der Waals surface area contributed by atoms with E-state index in [-0.39, 0.29) is 10.6 Å². The van der Waals surface area contributed by atoms with Gasteiger partial charge < -0.3 is 19.5 Å². The maximum Gasteiger partial charge on any atom is 0.341 e. The summed E-state index contributed by atoms with van der Waals surface area (Å²) in [6, 6.07) is 8.25. The Labute approximate surface area is 148 Å². The number of anilines is 1. The summed E-state index contributed by atoms with van der Waals surface area (Å²) in [6.45, 7) is -0.593. The summed E-state index contributed by atoms with van der Waals surface area (Å²) in [6.07, 6.45) is 0. The highest BCUT2D eigenvalue weighted by atomic mass is 35.5. The minimum Gasteiger partial charge on any atom is -0.497 e. The Morgan fingerprint density at radius 1 is 1.08 bits per heavy atom. The number of carbonyl (C=O) groups is 2. The van der Waals surface area contributed by atoms with E-state index >= 15 is 0 Å². The van der Waals surface area contributed by atoms with Crippen LogP contribution in [-0.4, -0.2) is 32.7 Å². The maximum atomic E-state index is 13.6. The number of esters is 1. The van der Waals surface area contributed by atoms with Crippen molar-refractivity contribution in [1.82, 2.24) is 0 Å². The molecule has 0 atom stereocenters. The number of benzene rings is 2. The van der Waals surface area contributed by atoms with Crippen LogP contribution in [0.5, 0.6) is 11.5 Å². The zero-order valence-electron chi connectivity index (χ0n) is 13.5. The molecule has 2 rings (SSSR count). The maximum absolute atomic E-state index is 13.6. The highest BCUT2D eigenvalue weighted by Gasteiger charge is 2.16. The lowest BCUT2D eigenvalue weighted by molar-refractivity contribution is -0.119. The van der Waals surface area contributed by atoms with Crippen molar-refractivity contribution < 1.29 is 28.2 Å². The van der Waals surface area contributed by atoms with Crippen LogP contribution in [0.2, 0.25) is 5.02 Å². The third kappa shape index (κ3) is 5.09. The summed E-state index contributed by atoms with van der Waals surface area (Å²) < 4.78 is 28.5. The number of hydrogen-bond acceptors (Lipinski definition) is 5. The van der Waals surface area contributed by atoms with Crippen LogP contribution in [0.15, 0.2) is 36.4 Å². The number of rotatable bonds is 6. The van der Waals surface area contributed by atoms with Crippen molar-refractivity contribution >= 4 is 29.2 Å². The molecule has 1 N–H and O–H groups in total. The van der Waals surface area contributed by atoms with Crippen LogP contribution in [0.3, 0.4) is 0 Å². The van der Waals surface area contributed by atoms with Crippen LogP contribution in [0.1, 0.15) is 10.4 Å². The first-order valence-corrected chi connectivity index (χ1v) is 7.46. The van der Waals surface area contributed by atoms with E-state index in [1.807, 2.05) is 0 Å². The lowest BCUT2D eigenvalue weighted by Crippen LogP contribution is -2.21. The van der Waals surface area contributed by atoms with Gasteiger partial charge in [0.1, 0.15) is 17.3 Å². The normalized spacial score (nSPS) is 10.1. The summed E-state index contributed by atoms with van der Waals surface area (Å²) in [5.41, 5.74) is 0.0505. The van der Waals surface area contributed by atoms with Crippen molar-refractivity contribution in [1.29, 1.82) is 0 Å². The van der Waals surface area contributed by atoms with Gasteiger partial charge in [0.15, 0.2) is 6.61 Å². The van der Waals surface area contributed by atoms with Crippen LogP contribution in [0.25, 0.3) is 0 Å². The number of hydrogen-bond donors (Lipinski definition) is 1. The molecule has 0 aliphatic rings. The van der Waals surface area contributed by atoms with E-state index in [9.17, 15) is 14.0 Å². The number of methoxy groups -OCH3 is 2. The zero-order chi connectivity index (χ0) is 18.4. The Morgan fingerprint density at radius 3 is 2.32 bits per heavy atom. The summed E-state index contributed by atoms with van der Waals surface area (Å²) in [5.74, 6) is -1.42. The number of ether oxygens (including phenoxy) is 3. The predicted octanol–water partition coefficient (Wildman–Crippen LogP) is 3.29. The van der Waals surface area contributed by atoms with Crippen LogP contribution < -0.4 is 14.8 Å². The van der Waals surface area contributed by atoms with Crippen LogP contribution in [0, 0.1) is 5.82 Å². The first-order chi connectivity index (χ1) is 11.9. The monoisotopic (exact) mass is 367 g/mol. The molecule has 6 nitrogen and oxygen atoms in total. The highest BCUT2D eigenvalue weighted by Crippen LogP contribution is 2.25. The van der Waals surface area contributed by atoms with Crippen molar-refractivity contribution in [2.75, 3.05) is 26.1 Å². The van der Waals surface area contributed by atoms with E-state index in [4.69, 9.17) is 25.8 Å². The van der Waals surface area contributed by atoms with E-state index in [0.29, 0.717) is 17.2 Å². The van der Waals surface area contributed by atoms with E-state index in [2.05, 4.69) is 5.32 Å². The molecule has 0 radical (unpaired) electrons. The van der Waals surface area contributed by atoms with Gasteiger partial charge in [-0.25, -0.2) is 9.18 Å². The minimum absolute atomic E-state index is 0.182. The molecule has 1 amide bonds. The van der Waals surface area contributed by atoms with E-state index in [0.717, 1.165) is 12.1 Å². The van der Waals surface area contributed by atoms with Crippen molar-refractivity contribution in [3.05, 3.63) is 52.8 Å². The van der Waals surface area contributed by atoms with Crippen LogP contribution >= 0.6 is 11.6 Å². The molecular formula is C17H15ClFNO5. The molecule has 0 aliphatic heterocycles. The van der Waals surface area contributed by atoms with Gasteiger partial charge in [0.2, 0.25) is 0 Å². The molecule has 25 heavy (non-hydrogen) atoms. The van der Waals surface area contributed by atoms with E-state index < -0.39 is 24.3 Å². The summed E-state index contributed by atoms with van der Waals surface area (Å²) in [5, 5.41) is 2.71. The summed E-state index contributed by atoms with van der Waals surface area (Å²) in [4.78, 5) is 23.7. The molecule has 132 valence electrons. The average molecular weight is 368 g/mol. The minimum atomic E-state index is -0.988. The SMILES string of the molecule is COc1cc(NC(=O)COC(=O)c2cc(Cl)ccc2F)cc(OC)c1. The van der Waals surface area contributed by atoms with Crippen LogP contribution in [0.4, 0.5) is 10.1 Å². The first kappa shape index (κ1) is 18.5. The average Bonchev–Trinajstić information content (AvgIpc) is 2.61. The first-order valence-electron chi connectivity index (χ1n) is 7.08. The number of carbonyl (C=O) groups excluding carboxylic acids is 2. The molecule has 2 aromatic rings. The third-order valence-electron chi connectivity index (χ3n) is 3.12. The van der Waals surface area contributed by atoms with Gasteiger partial charge in [0.05, 0.1) is 19.8 Å². The molecule has 0 heterocycles. The lowest BCUT2D eigenvalue weighted by Gasteiger charge is -2.10. The molecule has 8 heteroatoms. The number of halogens is 2. The van der Waals surface area contributed by atoms with Gasteiger partial charge in [0, 0.05) is 28.9 Å². The second kappa shape index (κ2) is 8.34. The Balaban J connectivity index is 1.99. The zero-order valence-corrected chi connectivity index (χ0v) is 14.2. The molecule has 0 saturated heterocycles. The molecule has 0 aliphatic carbocycles. The van der Waals surface area contributed by atoms with Crippen molar-refractivity contribution in [2.24, 2.45) is 0 Å². The van der Waals surface area contributed by atoms with Crippen LogP contribution in [-0.2, 0) is 9.53 Å². The largest absolute Gasteiger partial charge is 0.497 e. The van der Waals surface area contributed by atoms with Gasteiger partial charge in [-0.3, -0.25) is 4.79 Å². The predicted molar refractivity (Wildman–Crippen MR) is 89.9 cm³/mol. The molecule has 0 spiro atoms. The van der Waals surface area contributed by atoms with Crippen molar-refractivity contribution in [3.8, 4) is 11.5 Å². The fourth-order valence-corrected chi connectivity index (χ4v) is 2.11. The van der Waals surface area contributed by atoms with Gasteiger partial charge in [-0.1, -0.05) is 11.6 Å². The molecule has 0 aromatic heterocycles. The van der Waals surface area contributed by atoms with Gasteiger partial charge in [-0.2, -0.15) is 0 Å². The second-order valence-electron chi connectivity index (χ2n) is 4.85. The molecule has 0 bridgehead atoms. The molecule has 0 fully saturated rings. The van der Waals surface area contributed by atoms with Gasteiger partial charge in [0.25, 0.3) is 5.91 Å². The Bertz CT molecular complexity index is 774. The molecule has 0 saturated carbocycles. The Kier molecular flexibility index (Phi) is 6.19. The van der Waals surface area contributed by atoms with Gasteiger partial charge in [-0.15, -0.1) is 0 Å². The van der Waals surface area contributed by atoms with E-state index in [1.54, 1.807) is 18.2 Å². The Hall–Kier alpha value is -2.80.